The summed E-state index contributed by atoms with van der Waals surface area (Å²) in [5.74, 6) is 0.878. The number of rotatable bonds is 5. The maximum atomic E-state index is 6.20. The van der Waals surface area contributed by atoms with Crippen molar-refractivity contribution in [3.05, 3.63) is 0 Å². The molecule has 0 saturated heterocycles. The lowest BCUT2D eigenvalue weighted by Crippen LogP contribution is -2.50. The molecule has 2 heteroatoms. The highest BCUT2D eigenvalue weighted by molar-refractivity contribution is 4.90. The van der Waals surface area contributed by atoms with E-state index < -0.39 is 0 Å². The van der Waals surface area contributed by atoms with Gasteiger partial charge in [0.25, 0.3) is 0 Å². The summed E-state index contributed by atoms with van der Waals surface area (Å²) in [7, 11) is 0. The first-order valence-corrected chi connectivity index (χ1v) is 7.26. The van der Waals surface area contributed by atoms with Crippen molar-refractivity contribution in [1.29, 1.82) is 0 Å². The van der Waals surface area contributed by atoms with Gasteiger partial charge in [-0.1, -0.05) is 13.8 Å². The zero-order chi connectivity index (χ0) is 12.9. The highest BCUT2D eigenvalue weighted by Crippen LogP contribution is 2.34. The fourth-order valence-electron chi connectivity index (χ4n) is 2.41. The first-order valence-electron chi connectivity index (χ1n) is 7.26. The van der Waals surface area contributed by atoms with Gasteiger partial charge in [-0.2, -0.15) is 0 Å². The Bertz CT molecular complexity index is 206. The Morgan fingerprint density at radius 3 is 2.29 bits per heavy atom. The van der Waals surface area contributed by atoms with Crippen LogP contribution >= 0.6 is 0 Å². The highest BCUT2D eigenvalue weighted by Gasteiger charge is 2.35. The van der Waals surface area contributed by atoms with Gasteiger partial charge >= 0.3 is 0 Å². The molecule has 1 aliphatic carbocycles. The summed E-state index contributed by atoms with van der Waals surface area (Å²) < 4.78 is 6.20. The van der Waals surface area contributed by atoms with Crippen LogP contribution < -0.4 is 5.32 Å². The number of hydrogen-bond donors (Lipinski definition) is 1. The minimum atomic E-state index is 0.107. The Kier molecular flexibility index (Phi) is 5.46. The lowest BCUT2D eigenvalue weighted by molar-refractivity contribution is -0.0776. The van der Waals surface area contributed by atoms with E-state index in [4.69, 9.17) is 4.74 Å². The predicted molar refractivity (Wildman–Crippen MR) is 74.4 cm³/mol. The molecule has 2 nitrogen and oxygen atoms in total. The molecule has 0 radical (unpaired) electrons. The highest BCUT2D eigenvalue weighted by atomic mass is 16.5. The van der Waals surface area contributed by atoms with Crippen LogP contribution in [0.1, 0.15) is 66.7 Å². The first kappa shape index (κ1) is 15.0. The Morgan fingerprint density at radius 2 is 1.82 bits per heavy atom. The average Bonchev–Trinajstić information content (AvgIpc) is 2.26. The smallest absolute Gasteiger partial charge is 0.0806 e. The molecule has 102 valence electrons. The molecule has 1 fully saturated rings. The molecule has 0 unspecified atom stereocenters. The topological polar surface area (TPSA) is 21.3 Å². The maximum absolute atomic E-state index is 6.20. The molecular weight excluding hydrogens is 210 g/mol. The second kappa shape index (κ2) is 6.19. The zero-order valence-electron chi connectivity index (χ0n) is 12.4. The van der Waals surface area contributed by atoms with Gasteiger partial charge in [0.1, 0.15) is 0 Å². The Labute approximate surface area is 108 Å². The summed E-state index contributed by atoms with van der Waals surface area (Å²) in [6.45, 7) is 13.1. The van der Waals surface area contributed by atoms with E-state index in [2.05, 4.69) is 39.9 Å². The molecule has 0 spiro atoms. The van der Waals surface area contributed by atoms with Crippen molar-refractivity contribution in [3.8, 4) is 0 Å². The van der Waals surface area contributed by atoms with Crippen molar-refractivity contribution in [2.24, 2.45) is 5.92 Å². The summed E-state index contributed by atoms with van der Waals surface area (Å²) in [6.07, 6.45) is 6.19. The van der Waals surface area contributed by atoms with Crippen LogP contribution in [0.4, 0.5) is 0 Å². The second-order valence-corrected chi connectivity index (χ2v) is 6.82. The molecule has 0 aliphatic heterocycles. The van der Waals surface area contributed by atoms with Crippen LogP contribution in [0.2, 0.25) is 0 Å². The van der Waals surface area contributed by atoms with Crippen LogP contribution in [-0.4, -0.2) is 24.3 Å². The third kappa shape index (κ3) is 5.39. The quantitative estimate of drug-likeness (QED) is 0.791. The van der Waals surface area contributed by atoms with E-state index in [9.17, 15) is 0 Å². The molecule has 17 heavy (non-hydrogen) atoms. The molecule has 0 heterocycles. The van der Waals surface area contributed by atoms with Gasteiger partial charge in [0.05, 0.1) is 5.60 Å². The second-order valence-electron chi connectivity index (χ2n) is 6.82. The SMILES string of the molecule is CCCOC1(CNC(C)(C)C)CCC(C)CC1. The molecule has 0 aromatic heterocycles. The van der Waals surface area contributed by atoms with E-state index in [1.807, 2.05) is 0 Å². The standard InChI is InChI=1S/C15H31NO/c1-6-11-17-15(12-16-14(3,4)5)9-7-13(2)8-10-15/h13,16H,6-12H2,1-5H3. The van der Waals surface area contributed by atoms with Crippen LogP contribution in [0, 0.1) is 5.92 Å². The molecule has 1 rings (SSSR count). The van der Waals surface area contributed by atoms with E-state index >= 15 is 0 Å². The van der Waals surface area contributed by atoms with Crippen LogP contribution in [0.15, 0.2) is 0 Å². The monoisotopic (exact) mass is 241 g/mol. The van der Waals surface area contributed by atoms with Crippen LogP contribution in [-0.2, 0) is 4.74 Å². The van der Waals surface area contributed by atoms with Crippen LogP contribution in [0.5, 0.6) is 0 Å². The molecule has 0 aromatic rings. The third-order valence-electron chi connectivity index (χ3n) is 3.74. The van der Waals surface area contributed by atoms with E-state index in [-0.39, 0.29) is 11.1 Å². The molecule has 0 bridgehead atoms. The van der Waals surface area contributed by atoms with Crippen molar-refractivity contribution in [1.82, 2.24) is 5.32 Å². The number of hydrogen-bond acceptors (Lipinski definition) is 2. The van der Waals surface area contributed by atoms with Crippen molar-refractivity contribution < 1.29 is 4.74 Å². The molecule has 0 amide bonds. The molecule has 1 aliphatic rings. The van der Waals surface area contributed by atoms with E-state index in [1.165, 1.54) is 25.7 Å². The normalized spacial score (nSPS) is 30.5. The van der Waals surface area contributed by atoms with E-state index in [0.29, 0.717) is 0 Å². The van der Waals surface area contributed by atoms with Crippen molar-refractivity contribution in [2.75, 3.05) is 13.2 Å². The van der Waals surface area contributed by atoms with Crippen molar-refractivity contribution in [2.45, 2.75) is 77.9 Å². The predicted octanol–water partition coefficient (Wildman–Crippen LogP) is 3.75. The minimum Gasteiger partial charge on any atom is -0.374 e. The van der Waals surface area contributed by atoms with Gasteiger partial charge in [-0.05, 0) is 58.8 Å². The number of nitrogens with one attached hydrogen (secondary N) is 1. The van der Waals surface area contributed by atoms with Gasteiger partial charge in [-0.25, -0.2) is 0 Å². The van der Waals surface area contributed by atoms with Crippen molar-refractivity contribution in [3.63, 3.8) is 0 Å². The van der Waals surface area contributed by atoms with Gasteiger partial charge in [-0.3, -0.25) is 0 Å². The molecule has 0 atom stereocenters. The lowest BCUT2D eigenvalue weighted by atomic mass is 9.79. The van der Waals surface area contributed by atoms with Gasteiger partial charge < -0.3 is 10.1 Å². The Morgan fingerprint density at radius 1 is 1.24 bits per heavy atom. The van der Waals surface area contributed by atoms with Gasteiger partial charge in [-0.15, -0.1) is 0 Å². The largest absolute Gasteiger partial charge is 0.374 e. The summed E-state index contributed by atoms with van der Waals surface area (Å²) >= 11 is 0. The minimum absolute atomic E-state index is 0.107. The maximum Gasteiger partial charge on any atom is 0.0806 e. The van der Waals surface area contributed by atoms with E-state index in [0.717, 1.165) is 25.5 Å². The summed E-state index contributed by atoms with van der Waals surface area (Å²) in [5.41, 5.74) is 0.293. The third-order valence-corrected chi connectivity index (χ3v) is 3.74. The summed E-state index contributed by atoms with van der Waals surface area (Å²) in [5, 5.41) is 3.63. The molecule has 0 aromatic carbocycles. The van der Waals surface area contributed by atoms with Gasteiger partial charge in [0.15, 0.2) is 0 Å². The molecule has 1 N–H and O–H groups in total. The van der Waals surface area contributed by atoms with E-state index in [1.54, 1.807) is 0 Å². The first-order chi connectivity index (χ1) is 7.87. The Balaban J connectivity index is 2.53. The zero-order valence-corrected chi connectivity index (χ0v) is 12.4. The van der Waals surface area contributed by atoms with Gasteiger partial charge in [0, 0.05) is 18.7 Å². The average molecular weight is 241 g/mol. The Hall–Kier alpha value is -0.0800. The number of ether oxygens (including phenoxy) is 1. The fourth-order valence-corrected chi connectivity index (χ4v) is 2.41. The molecule has 1 saturated carbocycles. The molecular formula is C15H31NO. The fraction of sp³-hybridized carbons (Fsp3) is 1.00. The van der Waals surface area contributed by atoms with Crippen LogP contribution in [0.3, 0.4) is 0 Å². The lowest BCUT2D eigenvalue weighted by Gasteiger charge is -2.41. The van der Waals surface area contributed by atoms with Crippen molar-refractivity contribution >= 4 is 0 Å². The van der Waals surface area contributed by atoms with Gasteiger partial charge in [0.2, 0.25) is 0 Å². The summed E-state index contributed by atoms with van der Waals surface area (Å²) in [4.78, 5) is 0. The summed E-state index contributed by atoms with van der Waals surface area (Å²) in [6, 6.07) is 0. The van der Waals surface area contributed by atoms with Crippen LogP contribution in [0.25, 0.3) is 0 Å².